The van der Waals surface area contributed by atoms with Crippen molar-refractivity contribution in [3.63, 3.8) is 0 Å². The first-order chi connectivity index (χ1) is 13.4. The summed E-state index contributed by atoms with van der Waals surface area (Å²) < 4.78 is 57.4. The van der Waals surface area contributed by atoms with Crippen LogP contribution in [0.15, 0.2) is 36.7 Å². The molecule has 1 aliphatic rings. The van der Waals surface area contributed by atoms with Crippen LogP contribution >= 0.6 is 0 Å². The zero-order chi connectivity index (χ0) is 19.5. The lowest BCUT2D eigenvalue weighted by molar-refractivity contribution is -0.0377. The average molecular weight is 387 g/mol. The van der Waals surface area contributed by atoms with E-state index in [0.29, 0.717) is 33.5 Å². The van der Waals surface area contributed by atoms with Crippen molar-refractivity contribution >= 4 is 11.0 Å². The summed E-state index contributed by atoms with van der Waals surface area (Å²) in [5.41, 5.74) is 2.33. The smallest absolute Gasteiger partial charge is 0.262 e. The van der Waals surface area contributed by atoms with Crippen LogP contribution in [0.1, 0.15) is 12.1 Å². The molecule has 3 aromatic heterocycles. The molecule has 0 unspecified atom stereocenters. The number of benzene rings is 1. The summed E-state index contributed by atoms with van der Waals surface area (Å²) in [6.07, 6.45) is 2.19. The minimum atomic E-state index is -2.89. The number of fused-ring (bicyclic) bond motifs is 2. The molecule has 4 heterocycles. The van der Waals surface area contributed by atoms with Gasteiger partial charge in [0.15, 0.2) is 5.65 Å². The van der Waals surface area contributed by atoms with Crippen molar-refractivity contribution in [1.82, 2.24) is 25.0 Å². The highest BCUT2D eigenvalue weighted by atomic mass is 19.3. The van der Waals surface area contributed by atoms with Crippen LogP contribution in [0.4, 0.5) is 17.6 Å². The molecule has 0 bridgehead atoms. The molecule has 142 valence electrons. The molecule has 5 rings (SSSR count). The first-order valence-corrected chi connectivity index (χ1v) is 8.64. The number of halogens is 4. The molecule has 1 aromatic carbocycles. The quantitative estimate of drug-likeness (QED) is 0.521. The van der Waals surface area contributed by atoms with Gasteiger partial charge in [-0.15, -0.1) is 0 Å². The number of hydrogen-bond acceptors (Lipinski definition) is 3. The summed E-state index contributed by atoms with van der Waals surface area (Å²) in [6, 6.07) is 5.50. The molecule has 28 heavy (non-hydrogen) atoms. The van der Waals surface area contributed by atoms with E-state index < -0.39 is 24.1 Å². The summed E-state index contributed by atoms with van der Waals surface area (Å²) in [5.74, 6) is -3.93. The Morgan fingerprint density at radius 3 is 2.61 bits per heavy atom. The Labute approximate surface area is 156 Å². The van der Waals surface area contributed by atoms with Gasteiger partial charge in [-0.2, -0.15) is 10.2 Å². The molecule has 0 aliphatic carbocycles. The van der Waals surface area contributed by atoms with Crippen LogP contribution in [-0.2, 0) is 13.0 Å². The van der Waals surface area contributed by atoms with Gasteiger partial charge in [0.25, 0.3) is 5.92 Å². The highest BCUT2D eigenvalue weighted by molar-refractivity contribution is 5.97. The number of alkyl halides is 2. The molecule has 4 aromatic rings. The Kier molecular flexibility index (Phi) is 3.55. The second-order valence-corrected chi connectivity index (χ2v) is 6.80. The molecular formula is C19H13F4N5. The lowest BCUT2D eigenvalue weighted by Gasteiger charge is -2.23. The van der Waals surface area contributed by atoms with Crippen LogP contribution in [-0.4, -0.2) is 30.9 Å². The number of nitrogens with one attached hydrogen (secondary N) is 1. The van der Waals surface area contributed by atoms with E-state index in [2.05, 4.69) is 20.3 Å². The molecule has 9 heteroatoms. The summed E-state index contributed by atoms with van der Waals surface area (Å²) in [7, 11) is 0. The molecular weight excluding hydrogens is 374 g/mol. The third-order valence-electron chi connectivity index (χ3n) is 4.97. The molecule has 0 saturated carbocycles. The van der Waals surface area contributed by atoms with E-state index in [9.17, 15) is 17.6 Å². The van der Waals surface area contributed by atoms with Crippen molar-refractivity contribution < 1.29 is 17.6 Å². The third-order valence-corrected chi connectivity index (χ3v) is 4.97. The van der Waals surface area contributed by atoms with Crippen LogP contribution in [0.2, 0.25) is 0 Å². The van der Waals surface area contributed by atoms with Gasteiger partial charge in [-0.25, -0.2) is 22.5 Å². The van der Waals surface area contributed by atoms with E-state index in [1.807, 2.05) is 0 Å². The number of aromatic amines is 1. The Morgan fingerprint density at radius 2 is 1.82 bits per heavy atom. The number of rotatable bonds is 2. The fraction of sp³-hybridized carbons (Fsp3) is 0.211. The molecule has 1 aliphatic heterocycles. The first kappa shape index (κ1) is 16.9. The van der Waals surface area contributed by atoms with Gasteiger partial charge in [0.05, 0.1) is 12.4 Å². The molecule has 0 amide bonds. The molecule has 0 radical (unpaired) electrons. The largest absolute Gasteiger partial charge is 0.267 e. The highest BCUT2D eigenvalue weighted by Gasteiger charge is 2.38. The van der Waals surface area contributed by atoms with Crippen molar-refractivity contribution in [2.75, 3.05) is 0 Å². The maximum absolute atomic E-state index is 14.9. The normalized spacial score (nSPS) is 15.7. The Hall–Kier alpha value is -3.23. The Balaban J connectivity index is 1.83. The number of nitrogens with zero attached hydrogens (tertiary/aromatic N) is 4. The van der Waals surface area contributed by atoms with E-state index in [1.165, 1.54) is 35.1 Å². The number of pyridine rings is 1. The van der Waals surface area contributed by atoms with Gasteiger partial charge in [0.2, 0.25) is 0 Å². The second-order valence-electron chi connectivity index (χ2n) is 6.80. The lowest BCUT2D eigenvalue weighted by Crippen LogP contribution is -2.31. The van der Waals surface area contributed by atoms with Gasteiger partial charge in [0.1, 0.15) is 23.9 Å². The Morgan fingerprint density at radius 1 is 1.04 bits per heavy atom. The maximum Gasteiger partial charge on any atom is 0.267 e. The van der Waals surface area contributed by atoms with Gasteiger partial charge in [0, 0.05) is 34.2 Å². The van der Waals surface area contributed by atoms with Crippen molar-refractivity contribution in [1.29, 1.82) is 0 Å². The predicted molar refractivity (Wildman–Crippen MR) is 93.7 cm³/mol. The number of aromatic nitrogens is 5. The summed E-state index contributed by atoms with van der Waals surface area (Å²) in [5, 5.41) is 11.4. The van der Waals surface area contributed by atoms with Crippen LogP contribution in [0, 0.1) is 11.6 Å². The van der Waals surface area contributed by atoms with Crippen molar-refractivity contribution in [3.05, 3.63) is 54.0 Å². The molecule has 0 fully saturated rings. The maximum atomic E-state index is 14.9. The summed E-state index contributed by atoms with van der Waals surface area (Å²) >= 11 is 0. The van der Waals surface area contributed by atoms with Gasteiger partial charge >= 0.3 is 0 Å². The van der Waals surface area contributed by atoms with Crippen LogP contribution in [0.3, 0.4) is 0 Å². The molecule has 0 atom stereocenters. The predicted octanol–water partition coefficient (Wildman–Crippen LogP) is 4.35. The average Bonchev–Trinajstić information content (AvgIpc) is 3.26. The van der Waals surface area contributed by atoms with Crippen LogP contribution in [0.25, 0.3) is 33.4 Å². The van der Waals surface area contributed by atoms with Gasteiger partial charge in [-0.05, 0) is 30.7 Å². The third kappa shape index (κ3) is 2.57. The van der Waals surface area contributed by atoms with E-state index in [-0.39, 0.29) is 18.4 Å². The standard InChI is InChI=1S/C19H13F4N5/c20-11-3-1-10(2-4-11)17-16(14-5-6-19(22,23)9-28(14)27-17)15-12-7-25-26-18(12)24-8-13(15)21/h1-4,7-8H,5-6,9H2,(H,24,25,26). The molecule has 1 N–H and O–H groups in total. The van der Waals surface area contributed by atoms with Gasteiger partial charge in [-0.3, -0.25) is 9.78 Å². The highest BCUT2D eigenvalue weighted by Crippen LogP contribution is 2.42. The zero-order valence-electron chi connectivity index (χ0n) is 14.4. The van der Waals surface area contributed by atoms with Crippen molar-refractivity contribution in [3.8, 4) is 22.4 Å². The fourth-order valence-corrected chi connectivity index (χ4v) is 3.68. The van der Waals surface area contributed by atoms with Gasteiger partial charge in [-0.1, -0.05) is 0 Å². The number of H-pyrrole nitrogens is 1. The van der Waals surface area contributed by atoms with E-state index >= 15 is 0 Å². The van der Waals surface area contributed by atoms with Crippen LogP contribution in [0.5, 0.6) is 0 Å². The summed E-state index contributed by atoms with van der Waals surface area (Å²) in [4.78, 5) is 3.97. The van der Waals surface area contributed by atoms with Crippen LogP contribution < -0.4 is 0 Å². The fourth-order valence-electron chi connectivity index (χ4n) is 3.68. The van der Waals surface area contributed by atoms with Crippen molar-refractivity contribution in [2.24, 2.45) is 0 Å². The van der Waals surface area contributed by atoms with Gasteiger partial charge < -0.3 is 0 Å². The van der Waals surface area contributed by atoms with E-state index in [1.54, 1.807) is 0 Å². The lowest BCUT2D eigenvalue weighted by atomic mass is 9.94. The topological polar surface area (TPSA) is 59.4 Å². The Bertz CT molecular complexity index is 1190. The first-order valence-electron chi connectivity index (χ1n) is 8.64. The minimum absolute atomic E-state index is 0.0393. The van der Waals surface area contributed by atoms with E-state index in [0.717, 1.165) is 6.20 Å². The number of hydrogen-bond donors (Lipinski definition) is 1. The second kappa shape index (κ2) is 5.88. The van der Waals surface area contributed by atoms with Crippen molar-refractivity contribution in [2.45, 2.75) is 25.3 Å². The molecule has 5 nitrogen and oxygen atoms in total. The minimum Gasteiger partial charge on any atom is -0.262 e. The SMILES string of the molecule is Fc1ccc(-c2nn3c(c2-c2c(F)cnc4[nH]ncc24)CCC(F)(F)C3)cc1. The zero-order valence-corrected chi connectivity index (χ0v) is 14.4. The van der Waals surface area contributed by atoms with E-state index in [4.69, 9.17) is 0 Å². The monoisotopic (exact) mass is 387 g/mol. The molecule has 0 spiro atoms. The molecule has 0 saturated heterocycles. The summed E-state index contributed by atoms with van der Waals surface area (Å²) in [6.45, 7) is -0.586.